The van der Waals surface area contributed by atoms with Crippen LogP contribution in [0.1, 0.15) is 53.4 Å². The van der Waals surface area contributed by atoms with Crippen molar-refractivity contribution in [3.05, 3.63) is 56.5 Å². The highest BCUT2D eigenvalue weighted by molar-refractivity contribution is 7.11. The number of benzene rings is 1. The minimum atomic E-state index is -4.50. The standard InChI is InChI=1S/C21H21F3N4OS/c22-21(23,24)12-28-18(26-16-5-2-1-4-15(16)20(28)29)17-6-3-9-27(17)11-14-10-25-19(30-14)13-7-8-13/h1-2,4-5,10,13,17H,3,6-9,11-12H2. The number of hydrogen-bond acceptors (Lipinski definition) is 5. The monoisotopic (exact) mass is 434 g/mol. The first-order valence-corrected chi connectivity index (χ1v) is 11.0. The van der Waals surface area contributed by atoms with Crippen LogP contribution in [-0.2, 0) is 13.1 Å². The third-order valence-corrected chi connectivity index (χ3v) is 6.89. The van der Waals surface area contributed by atoms with Crippen LogP contribution in [0, 0.1) is 0 Å². The zero-order valence-corrected chi connectivity index (χ0v) is 17.0. The zero-order chi connectivity index (χ0) is 20.9. The van der Waals surface area contributed by atoms with Crippen LogP contribution in [-0.4, -0.2) is 32.2 Å². The summed E-state index contributed by atoms with van der Waals surface area (Å²) in [7, 11) is 0. The summed E-state index contributed by atoms with van der Waals surface area (Å²) >= 11 is 1.69. The second-order valence-electron chi connectivity index (χ2n) is 8.06. The maximum atomic E-state index is 13.3. The van der Waals surface area contributed by atoms with Gasteiger partial charge in [0.2, 0.25) is 0 Å². The Morgan fingerprint density at radius 3 is 2.73 bits per heavy atom. The SMILES string of the molecule is O=c1c2ccccc2nc(C2CCCN2Cc2cnc(C3CC3)s2)n1CC(F)(F)F. The molecular weight excluding hydrogens is 413 g/mol. The van der Waals surface area contributed by atoms with E-state index >= 15 is 0 Å². The van der Waals surface area contributed by atoms with Gasteiger partial charge in [0.25, 0.3) is 5.56 Å². The van der Waals surface area contributed by atoms with E-state index in [2.05, 4.69) is 14.9 Å². The highest BCUT2D eigenvalue weighted by atomic mass is 32.1. The predicted molar refractivity (Wildman–Crippen MR) is 109 cm³/mol. The maximum absolute atomic E-state index is 13.3. The van der Waals surface area contributed by atoms with Crippen LogP contribution in [0.5, 0.6) is 0 Å². The molecule has 1 unspecified atom stereocenters. The number of fused-ring (bicyclic) bond motifs is 1. The van der Waals surface area contributed by atoms with Crippen molar-refractivity contribution in [3.63, 3.8) is 0 Å². The number of alkyl halides is 3. The second-order valence-corrected chi connectivity index (χ2v) is 9.21. The lowest BCUT2D eigenvalue weighted by molar-refractivity contribution is -0.142. The number of rotatable bonds is 5. The van der Waals surface area contributed by atoms with Crippen molar-refractivity contribution >= 4 is 22.2 Å². The maximum Gasteiger partial charge on any atom is 0.406 e. The van der Waals surface area contributed by atoms with Gasteiger partial charge in [-0.05, 0) is 44.4 Å². The Morgan fingerprint density at radius 2 is 1.97 bits per heavy atom. The molecule has 0 N–H and O–H groups in total. The van der Waals surface area contributed by atoms with Crippen LogP contribution >= 0.6 is 11.3 Å². The molecule has 5 nitrogen and oxygen atoms in total. The van der Waals surface area contributed by atoms with Crippen LogP contribution in [0.25, 0.3) is 10.9 Å². The van der Waals surface area contributed by atoms with Crippen molar-refractivity contribution in [1.82, 2.24) is 19.4 Å². The summed E-state index contributed by atoms with van der Waals surface area (Å²) in [4.78, 5) is 25.2. The van der Waals surface area contributed by atoms with E-state index in [0.29, 0.717) is 24.4 Å². The smallest absolute Gasteiger partial charge is 0.288 e. The Labute approximate surface area is 175 Å². The first-order valence-electron chi connectivity index (χ1n) is 10.1. The fourth-order valence-corrected chi connectivity index (χ4v) is 5.31. The Kier molecular flexibility index (Phi) is 4.89. The van der Waals surface area contributed by atoms with Gasteiger partial charge in [-0.2, -0.15) is 13.2 Å². The number of halogens is 3. The van der Waals surface area contributed by atoms with E-state index < -0.39 is 18.3 Å². The molecule has 0 bridgehead atoms. The van der Waals surface area contributed by atoms with Crippen LogP contribution in [0.4, 0.5) is 13.2 Å². The van der Waals surface area contributed by atoms with E-state index in [-0.39, 0.29) is 17.3 Å². The highest BCUT2D eigenvalue weighted by Gasteiger charge is 2.35. The molecule has 1 aliphatic heterocycles. The van der Waals surface area contributed by atoms with Gasteiger partial charge in [0, 0.05) is 23.5 Å². The van der Waals surface area contributed by atoms with Gasteiger partial charge in [0.1, 0.15) is 12.4 Å². The lowest BCUT2D eigenvalue weighted by Gasteiger charge is -2.26. The van der Waals surface area contributed by atoms with Gasteiger partial charge >= 0.3 is 6.18 Å². The Morgan fingerprint density at radius 1 is 1.17 bits per heavy atom. The molecule has 3 aromatic rings. The number of nitrogens with zero attached hydrogens (tertiary/aromatic N) is 4. The second kappa shape index (κ2) is 7.46. The summed E-state index contributed by atoms with van der Waals surface area (Å²) in [6.07, 6.45) is 1.28. The summed E-state index contributed by atoms with van der Waals surface area (Å²) in [6, 6.07) is 6.28. The predicted octanol–water partition coefficient (Wildman–Crippen LogP) is 4.63. The largest absolute Gasteiger partial charge is 0.406 e. The molecule has 158 valence electrons. The van der Waals surface area contributed by atoms with Crippen LogP contribution in [0.3, 0.4) is 0 Å². The number of para-hydroxylation sites is 1. The fraction of sp³-hybridized carbons (Fsp3) is 0.476. The summed E-state index contributed by atoms with van der Waals surface area (Å²) in [5.41, 5.74) is -0.190. The third kappa shape index (κ3) is 3.88. The third-order valence-electron chi connectivity index (χ3n) is 5.75. The number of likely N-dealkylation sites (tertiary alicyclic amines) is 1. The number of thiazole rings is 1. The number of aromatic nitrogens is 3. The van der Waals surface area contributed by atoms with E-state index in [1.807, 2.05) is 6.20 Å². The molecule has 3 heterocycles. The zero-order valence-electron chi connectivity index (χ0n) is 16.2. The normalized spacial score (nSPS) is 20.3. The molecule has 2 fully saturated rings. The van der Waals surface area contributed by atoms with Crippen molar-refractivity contribution < 1.29 is 13.2 Å². The molecule has 0 amide bonds. The van der Waals surface area contributed by atoms with Gasteiger partial charge < -0.3 is 0 Å². The van der Waals surface area contributed by atoms with Crippen molar-refractivity contribution in [1.29, 1.82) is 0 Å². The highest BCUT2D eigenvalue weighted by Crippen LogP contribution is 2.42. The fourth-order valence-electron chi connectivity index (χ4n) is 4.19. The molecule has 5 rings (SSSR count). The average Bonchev–Trinajstić information content (AvgIpc) is 3.28. The summed E-state index contributed by atoms with van der Waals surface area (Å²) in [5, 5.41) is 1.37. The molecule has 0 radical (unpaired) electrons. The minimum absolute atomic E-state index is 0.209. The van der Waals surface area contributed by atoms with Crippen molar-refractivity contribution in [2.45, 2.75) is 56.9 Å². The van der Waals surface area contributed by atoms with Gasteiger partial charge in [0.15, 0.2) is 0 Å². The summed E-state index contributed by atoms with van der Waals surface area (Å²) in [6.45, 7) is 0.0511. The van der Waals surface area contributed by atoms with E-state index in [1.165, 1.54) is 18.9 Å². The van der Waals surface area contributed by atoms with E-state index in [1.54, 1.807) is 29.5 Å². The first-order chi connectivity index (χ1) is 14.4. The lowest BCUT2D eigenvalue weighted by atomic mass is 10.1. The Balaban J connectivity index is 1.52. The van der Waals surface area contributed by atoms with Crippen molar-refractivity contribution in [2.24, 2.45) is 0 Å². The topological polar surface area (TPSA) is 51.0 Å². The lowest BCUT2D eigenvalue weighted by Crippen LogP contribution is -2.35. The molecule has 1 saturated carbocycles. The molecule has 2 aromatic heterocycles. The van der Waals surface area contributed by atoms with Gasteiger partial charge in [-0.1, -0.05) is 12.1 Å². The molecule has 0 spiro atoms. The summed E-state index contributed by atoms with van der Waals surface area (Å²) < 4.78 is 40.8. The van der Waals surface area contributed by atoms with Gasteiger partial charge in [0.05, 0.1) is 22.0 Å². The van der Waals surface area contributed by atoms with Crippen LogP contribution in [0.15, 0.2) is 35.3 Å². The van der Waals surface area contributed by atoms with E-state index in [9.17, 15) is 18.0 Å². The van der Waals surface area contributed by atoms with Gasteiger partial charge in [-0.25, -0.2) is 9.97 Å². The van der Waals surface area contributed by atoms with E-state index in [4.69, 9.17) is 0 Å². The molecule has 9 heteroatoms. The number of hydrogen-bond donors (Lipinski definition) is 0. The van der Waals surface area contributed by atoms with Crippen LogP contribution in [0.2, 0.25) is 0 Å². The Bertz CT molecular complexity index is 1140. The van der Waals surface area contributed by atoms with E-state index in [0.717, 1.165) is 27.4 Å². The quantitative estimate of drug-likeness (QED) is 0.588. The van der Waals surface area contributed by atoms with Crippen molar-refractivity contribution in [3.8, 4) is 0 Å². The van der Waals surface area contributed by atoms with Crippen molar-refractivity contribution in [2.75, 3.05) is 6.54 Å². The molecular formula is C21H21F3N4OS. The summed E-state index contributed by atoms with van der Waals surface area (Å²) in [5.74, 6) is 0.790. The molecule has 1 atom stereocenters. The molecule has 2 aliphatic rings. The molecule has 1 aromatic carbocycles. The molecule has 1 aliphatic carbocycles. The van der Waals surface area contributed by atoms with Gasteiger partial charge in [-0.15, -0.1) is 11.3 Å². The average molecular weight is 434 g/mol. The molecule has 30 heavy (non-hydrogen) atoms. The van der Waals surface area contributed by atoms with Gasteiger partial charge in [-0.3, -0.25) is 14.3 Å². The Hall–Kier alpha value is -2.26. The molecule has 1 saturated heterocycles. The minimum Gasteiger partial charge on any atom is -0.288 e. The first kappa shape index (κ1) is 19.7. The van der Waals surface area contributed by atoms with Crippen LogP contribution < -0.4 is 5.56 Å².